The van der Waals surface area contributed by atoms with Crippen molar-refractivity contribution in [2.75, 3.05) is 6.61 Å². The van der Waals surface area contributed by atoms with E-state index in [9.17, 15) is 0 Å². The minimum absolute atomic E-state index is 0.0569. The van der Waals surface area contributed by atoms with Crippen LogP contribution in [0.4, 0.5) is 0 Å². The minimum atomic E-state index is 0.0569. The van der Waals surface area contributed by atoms with E-state index in [0.717, 1.165) is 22.0 Å². The summed E-state index contributed by atoms with van der Waals surface area (Å²) in [7, 11) is 0. The first-order valence-electron chi connectivity index (χ1n) is 3.75. The van der Waals surface area contributed by atoms with Crippen molar-refractivity contribution < 1.29 is 5.11 Å². The number of halogens is 1. The van der Waals surface area contributed by atoms with E-state index in [1.807, 2.05) is 24.3 Å². The highest BCUT2D eigenvalue weighted by atomic mass is 79.9. The average molecular weight is 227 g/mol. The Hall–Kier alpha value is -0.600. The zero-order chi connectivity index (χ0) is 8.97. The van der Waals surface area contributed by atoms with E-state index >= 15 is 0 Å². The fourth-order valence-corrected chi connectivity index (χ4v) is 1.39. The molecular weight excluding hydrogens is 216 g/mol. The van der Waals surface area contributed by atoms with Gasteiger partial charge in [0.25, 0.3) is 0 Å². The van der Waals surface area contributed by atoms with E-state index in [0.29, 0.717) is 0 Å². The van der Waals surface area contributed by atoms with Crippen molar-refractivity contribution in [2.24, 2.45) is 0 Å². The van der Waals surface area contributed by atoms with Crippen LogP contribution in [-0.4, -0.2) is 11.7 Å². The lowest BCUT2D eigenvalue weighted by molar-refractivity contribution is 0.329. The minimum Gasteiger partial charge on any atom is -0.392 e. The van der Waals surface area contributed by atoms with Gasteiger partial charge in [-0.2, -0.15) is 0 Å². The Morgan fingerprint density at radius 3 is 2.67 bits per heavy atom. The van der Waals surface area contributed by atoms with Crippen LogP contribution in [0.5, 0.6) is 0 Å². The maximum absolute atomic E-state index is 8.77. The molecule has 0 saturated carbocycles. The molecule has 0 spiro atoms. The van der Waals surface area contributed by atoms with E-state index in [4.69, 9.17) is 5.11 Å². The average Bonchev–Trinajstić information content (AvgIpc) is 2.09. The fraction of sp³-hybridized carbons (Fsp3) is 0.200. The lowest BCUT2D eigenvalue weighted by Gasteiger charge is -2.03. The molecule has 64 valence electrons. The second kappa shape index (κ2) is 4.43. The number of rotatable bonds is 3. The van der Waals surface area contributed by atoms with Gasteiger partial charge in [0, 0.05) is 4.47 Å². The van der Waals surface area contributed by atoms with Crippen LogP contribution < -0.4 is 0 Å². The third-order valence-electron chi connectivity index (χ3n) is 1.62. The fourth-order valence-electron chi connectivity index (χ4n) is 0.967. The van der Waals surface area contributed by atoms with Gasteiger partial charge in [-0.15, -0.1) is 0 Å². The summed E-state index contributed by atoms with van der Waals surface area (Å²) in [6, 6.07) is 7.95. The third kappa shape index (κ3) is 2.47. The molecule has 0 aliphatic carbocycles. The molecule has 0 radical (unpaired) electrons. The van der Waals surface area contributed by atoms with Gasteiger partial charge in [0.2, 0.25) is 0 Å². The second-order valence-corrected chi connectivity index (χ2v) is 3.53. The van der Waals surface area contributed by atoms with Crippen LogP contribution in [0.25, 0.3) is 0 Å². The molecule has 1 nitrogen and oxygen atoms in total. The molecule has 0 unspecified atom stereocenters. The summed E-state index contributed by atoms with van der Waals surface area (Å²) in [6.07, 6.45) is 0.734. The van der Waals surface area contributed by atoms with E-state index in [1.54, 1.807) is 0 Å². The molecule has 1 aromatic rings. The van der Waals surface area contributed by atoms with Crippen LogP contribution in [0.15, 0.2) is 40.9 Å². The Kier molecular flexibility index (Phi) is 3.50. The predicted octanol–water partition coefficient (Wildman–Crippen LogP) is 2.54. The predicted molar refractivity (Wildman–Crippen MR) is 54.1 cm³/mol. The molecular formula is C10H11BrO. The monoisotopic (exact) mass is 226 g/mol. The topological polar surface area (TPSA) is 20.2 Å². The molecule has 1 N–H and O–H groups in total. The Morgan fingerprint density at radius 2 is 2.08 bits per heavy atom. The highest BCUT2D eigenvalue weighted by Gasteiger charge is 1.99. The summed E-state index contributed by atoms with van der Waals surface area (Å²) in [6.45, 7) is 3.80. The van der Waals surface area contributed by atoms with Gasteiger partial charge in [0.1, 0.15) is 0 Å². The van der Waals surface area contributed by atoms with E-state index < -0.39 is 0 Å². The van der Waals surface area contributed by atoms with Crippen LogP contribution in [0.1, 0.15) is 5.56 Å². The molecule has 0 atom stereocenters. The van der Waals surface area contributed by atoms with Crippen molar-refractivity contribution in [3.05, 3.63) is 46.5 Å². The van der Waals surface area contributed by atoms with Crippen LogP contribution in [0.2, 0.25) is 0 Å². The van der Waals surface area contributed by atoms with Crippen molar-refractivity contribution in [1.82, 2.24) is 0 Å². The number of aliphatic hydroxyl groups excluding tert-OH is 1. The van der Waals surface area contributed by atoms with Gasteiger partial charge >= 0.3 is 0 Å². The zero-order valence-electron chi connectivity index (χ0n) is 6.76. The highest BCUT2D eigenvalue weighted by Crippen LogP contribution is 2.18. The van der Waals surface area contributed by atoms with Crippen LogP contribution in [-0.2, 0) is 6.42 Å². The molecule has 0 aliphatic rings. The summed E-state index contributed by atoms with van der Waals surface area (Å²) < 4.78 is 1.07. The maximum Gasteiger partial charge on any atom is 0.0642 e. The lowest BCUT2D eigenvalue weighted by atomic mass is 10.1. The Bertz CT molecular complexity index is 281. The van der Waals surface area contributed by atoms with Gasteiger partial charge in [0.15, 0.2) is 0 Å². The Labute approximate surface area is 80.9 Å². The van der Waals surface area contributed by atoms with Crippen molar-refractivity contribution in [3.8, 4) is 0 Å². The quantitative estimate of drug-likeness (QED) is 0.786. The lowest BCUT2D eigenvalue weighted by Crippen LogP contribution is -1.94. The molecule has 0 aliphatic heterocycles. The summed E-state index contributed by atoms with van der Waals surface area (Å²) in [5.41, 5.74) is 2.00. The molecule has 2 heteroatoms. The largest absolute Gasteiger partial charge is 0.392 e. The van der Waals surface area contributed by atoms with Gasteiger partial charge in [-0.1, -0.05) is 40.7 Å². The summed E-state index contributed by atoms with van der Waals surface area (Å²) in [5.74, 6) is 0. The first kappa shape index (κ1) is 9.49. The number of benzene rings is 1. The normalized spacial score (nSPS) is 9.83. The molecule has 0 amide bonds. The van der Waals surface area contributed by atoms with E-state index in [2.05, 4.69) is 22.5 Å². The van der Waals surface area contributed by atoms with Gasteiger partial charge in [0.05, 0.1) is 6.61 Å². The highest BCUT2D eigenvalue weighted by molar-refractivity contribution is 9.10. The number of hydrogen-bond donors (Lipinski definition) is 1. The molecule has 0 aromatic heterocycles. The first-order valence-corrected chi connectivity index (χ1v) is 4.54. The van der Waals surface area contributed by atoms with Gasteiger partial charge < -0.3 is 5.11 Å². The number of hydrogen-bond acceptors (Lipinski definition) is 1. The molecule has 12 heavy (non-hydrogen) atoms. The Morgan fingerprint density at radius 1 is 1.42 bits per heavy atom. The van der Waals surface area contributed by atoms with Crippen LogP contribution >= 0.6 is 15.9 Å². The molecule has 0 bridgehead atoms. The standard InChI is InChI=1S/C10H11BrO/c1-8(7-12)6-9-4-2-3-5-10(9)11/h2-5,12H,1,6-7H2. The van der Waals surface area contributed by atoms with Crippen LogP contribution in [0.3, 0.4) is 0 Å². The summed E-state index contributed by atoms with van der Waals surface area (Å²) >= 11 is 3.43. The van der Waals surface area contributed by atoms with Crippen molar-refractivity contribution in [3.63, 3.8) is 0 Å². The maximum atomic E-state index is 8.77. The van der Waals surface area contributed by atoms with Crippen LogP contribution in [0, 0.1) is 0 Å². The third-order valence-corrected chi connectivity index (χ3v) is 2.40. The Balaban J connectivity index is 2.75. The van der Waals surface area contributed by atoms with Crippen molar-refractivity contribution in [1.29, 1.82) is 0 Å². The molecule has 0 heterocycles. The van der Waals surface area contributed by atoms with Gasteiger partial charge in [-0.3, -0.25) is 0 Å². The van der Waals surface area contributed by atoms with Gasteiger partial charge in [-0.05, 0) is 23.6 Å². The van der Waals surface area contributed by atoms with Crippen molar-refractivity contribution in [2.45, 2.75) is 6.42 Å². The zero-order valence-corrected chi connectivity index (χ0v) is 8.34. The smallest absolute Gasteiger partial charge is 0.0642 e. The molecule has 1 rings (SSSR count). The summed E-state index contributed by atoms with van der Waals surface area (Å²) in [4.78, 5) is 0. The number of aliphatic hydroxyl groups is 1. The van der Waals surface area contributed by atoms with Crippen molar-refractivity contribution >= 4 is 15.9 Å². The SMILES string of the molecule is C=C(CO)Cc1ccccc1Br. The molecule has 0 fully saturated rings. The first-order chi connectivity index (χ1) is 5.74. The van der Waals surface area contributed by atoms with Gasteiger partial charge in [-0.25, -0.2) is 0 Å². The summed E-state index contributed by atoms with van der Waals surface area (Å²) in [5, 5.41) is 8.77. The molecule has 1 aromatic carbocycles. The molecule has 0 saturated heterocycles. The van der Waals surface area contributed by atoms with E-state index in [-0.39, 0.29) is 6.61 Å². The second-order valence-electron chi connectivity index (χ2n) is 2.68. The van der Waals surface area contributed by atoms with E-state index in [1.165, 1.54) is 0 Å².